The van der Waals surface area contributed by atoms with E-state index in [1.165, 1.54) is 22.2 Å². The summed E-state index contributed by atoms with van der Waals surface area (Å²) in [6.07, 6.45) is 0.933. The van der Waals surface area contributed by atoms with E-state index in [9.17, 15) is 9.59 Å². The van der Waals surface area contributed by atoms with Gasteiger partial charge in [-0.2, -0.15) is 0 Å². The predicted molar refractivity (Wildman–Crippen MR) is 126 cm³/mol. The van der Waals surface area contributed by atoms with Crippen LogP contribution in [0.25, 0.3) is 0 Å². The molecule has 0 spiro atoms. The second kappa shape index (κ2) is 9.41. The maximum atomic E-state index is 13.3. The third kappa shape index (κ3) is 4.84. The molecular formula is C25H21ClN2O2S. The summed E-state index contributed by atoms with van der Waals surface area (Å²) in [6.45, 7) is 2.32. The number of benzene rings is 3. The van der Waals surface area contributed by atoms with E-state index in [0.717, 1.165) is 22.6 Å². The number of amides is 2. The molecule has 0 unspecified atom stereocenters. The fourth-order valence-electron chi connectivity index (χ4n) is 3.26. The topological polar surface area (TPSA) is 49.4 Å². The number of rotatable bonds is 7. The summed E-state index contributed by atoms with van der Waals surface area (Å²) in [5, 5.41) is 3.81. The number of aryl methyl sites for hydroxylation is 1. The molecule has 1 aliphatic heterocycles. The van der Waals surface area contributed by atoms with Crippen LogP contribution in [0.1, 0.15) is 18.1 Å². The van der Waals surface area contributed by atoms with Crippen molar-refractivity contribution in [2.75, 3.05) is 5.32 Å². The van der Waals surface area contributed by atoms with Gasteiger partial charge in [-0.1, -0.05) is 72.8 Å². The maximum Gasteiger partial charge on any atom is 0.278 e. The monoisotopic (exact) mass is 448 g/mol. The highest BCUT2D eigenvalue weighted by Gasteiger charge is 2.39. The van der Waals surface area contributed by atoms with Crippen LogP contribution in [0.4, 0.5) is 5.69 Å². The normalized spacial score (nSPS) is 13.8. The van der Waals surface area contributed by atoms with E-state index in [2.05, 4.69) is 12.2 Å². The minimum absolute atomic E-state index is 0.225. The number of carbonyl (C=O) groups excluding carboxylic acids is 2. The first kappa shape index (κ1) is 21.2. The zero-order chi connectivity index (χ0) is 21.8. The SMILES string of the molecule is CCc1ccc(NC2=C(Sc3ccc(Cl)cc3)C(=O)N(Cc3ccccc3)C2=O)cc1. The molecule has 1 N–H and O–H groups in total. The quantitative estimate of drug-likeness (QED) is 0.458. The summed E-state index contributed by atoms with van der Waals surface area (Å²) < 4.78 is 0. The number of carbonyl (C=O) groups is 2. The van der Waals surface area contributed by atoms with Crippen molar-refractivity contribution >= 4 is 40.9 Å². The molecule has 1 heterocycles. The van der Waals surface area contributed by atoms with E-state index in [-0.39, 0.29) is 18.4 Å². The first-order chi connectivity index (χ1) is 15.0. The molecule has 0 saturated carbocycles. The molecule has 156 valence electrons. The fourth-order valence-corrected chi connectivity index (χ4v) is 4.33. The number of hydrogen-bond donors (Lipinski definition) is 1. The van der Waals surface area contributed by atoms with Crippen LogP contribution in [0, 0.1) is 0 Å². The zero-order valence-electron chi connectivity index (χ0n) is 17.0. The molecule has 6 heteroatoms. The van der Waals surface area contributed by atoms with Gasteiger partial charge in [-0.25, -0.2) is 0 Å². The van der Waals surface area contributed by atoms with Gasteiger partial charge in [0.05, 0.1) is 6.54 Å². The standard InChI is InChI=1S/C25H21ClN2O2S/c1-2-17-8-12-20(13-9-17)27-22-23(31-21-14-10-19(26)11-15-21)25(30)28(24(22)29)16-18-6-4-3-5-7-18/h3-15,27H,2,16H2,1H3. The van der Waals surface area contributed by atoms with Gasteiger partial charge < -0.3 is 5.32 Å². The molecule has 0 saturated heterocycles. The minimum Gasteiger partial charge on any atom is -0.350 e. The van der Waals surface area contributed by atoms with Gasteiger partial charge in [0.15, 0.2) is 0 Å². The van der Waals surface area contributed by atoms with Gasteiger partial charge in [0, 0.05) is 15.6 Å². The molecule has 3 aromatic rings. The fraction of sp³-hybridized carbons (Fsp3) is 0.120. The van der Waals surface area contributed by atoms with Crippen LogP contribution in [0.3, 0.4) is 0 Å². The van der Waals surface area contributed by atoms with Crippen molar-refractivity contribution in [1.29, 1.82) is 0 Å². The molecule has 31 heavy (non-hydrogen) atoms. The second-order valence-corrected chi connectivity index (χ2v) is 8.64. The first-order valence-electron chi connectivity index (χ1n) is 9.99. The summed E-state index contributed by atoms with van der Waals surface area (Å²) in [5.74, 6) is -0.633. The van der Waals surface area contributed by atoms with E-state index in [0.29, 0.717) is 15.6 Å². The highest BCUT2D eigenvalue weighted by atomic mass is 35.5. The van der Waals surface area contributed by atoms with Crippen molar-refractivity contribution in [3.63, 3.8) is 0 Å². The summed E-state index contributed by atoms with van der Waals surface area (Å²) in [4.78, 5) is 29.0. The average Bonchev–Trinajstić information content (AvgIpc) is 3.01. The number of anilines is 1. The first-order valence-corrected chi connectivity index (χ1v) is 11.2. The molecule has 0 fully saturated rings. The lowest BCUT2D eigenvalue weighted by Gasteiger charge is -2.15. The van der Waals surface area contributed by atoms with Crippen LogP contribution in [0.5, 0.6) is 0 Å². The Labute approximate surface area is 190 Å². The Balaban J connectivity index is 1.66. The second-order valence-electron chi connectivity index (χ2n) is 7.12. The van der Waals surface area contributed by atoms with Gasteiger partial charge in [0.2, 0.25) is 0 Å². The van der Waals surface area contributed by atoms with Crippen molar-refractivity contribution in [3.05, 3.63) is 106 Å². The number of nitrogens with one attached hydrogen (secondary N) is 1. The van der Waals surface area contributed by atoms with Crippen LogP contribution in [0.2, 0.25) is 5.02 Å². The van der Waals surface area contributed by atoms with E-state index in [1.54, 1.807) is 12.1 Å². The molecule has 2 amide bonds. The molecule has 0 bridgehead atoms. The van der Waals surface area contributed by atoms with Crippen LogP contribution in [-0.2, 0) is 22.6 Å². The van der Waals surface area contributed by atoms with Crippen LogP contribution >= 0.6 is 23.4 Å². The Morgan fingerprint density at radius 1 is 0.839 bits per heavy atom. The molecule has 0 aliphatic carbocycles. The molecular weight excluding hydrogens is 428 g/mol. The number of thioether (sulfide) groups is 1. The van der Waals surface area contributed by atoms with Crippen LogP contribution in [-0.4, -0.2) is 16.7 Å². The molecule has 4 rings (SSSR count). The lowest BCUT2D eigenvalue weighted by atomic mass is 10.1. The Morgan fingerprint density at radius 2 is 1.52 bits per heavy atom. The Hall–Kier alpha value is -3.02. The Kier molecular flexibility index (Phi) is 6.44. The van der Waals surface area contributed by atoms with Crippen molar-refractivity contribution in [1.82, 2.24) is 4.90 Å². The highest BCUT2D eigenvalue weighted by Crippen LogP contribution is 2.36. The van der Waals surface area contributed by atoms with Crippen molar-refractivity contribution in [3.8, 4) is 0 Å². The van der Waals surface area contributed by atoms with Crippen molar-refractivity contribution in [2.45, 2.75) is 24.8 Å². The van der Waals surface area contributed by atoms with Crippen molar-refractivity contribution < 1.29 is 9.59 Å². The Bertz CT molecular complexity index is 1130. The van der Waals surface area contributed by atoms with Crippen LogP contribution in [0.15, 0.2) is 94.4 Å². The molecule has 4 nitrogen and oxygen atoms in total. The van der Waals surface area contributed by atoms with E-state index >= 15 is 0 Å². The lowest BCUT2D eigenvalue weighted by molar-refractivity contribution is -0.137. The van der Waals surface area contributed by atoms with Gasteiger partial charge >= 0.3 is 0 Å². The predicted octanol–water partition coefficient (Wildman–Crippen LogP) is 5.89. The van der Waals surface area contributed by atoms with Gasteiger partial charge in [0.25, 0.3) is 11.8 Å². The molecule has 0 aromatic heterocycles. The largest absolute Gasteiger partial charge is 0.350 e. The van der Waals surface area contributed by atoms with Gasteiger partial charge in [-0.3, -0.25) is 14.5 Å². The van der Waals surface area contributed by atoms with Gasteiger partial charge in [-0.15, -0.1) is 0 Å². The number of imide groups is 1. The summed E-state index contributed by atoms with van der Waals surface area (Å²) in [5.41, 5.74) is 3.16. The Morgan fingerprint density at radius 3 is 2.16 bits per heavy atom. The summed E-state index contributed by atoms with van der Waals surface area (Å²) in [7, 11) is 0. The zero-order valence-corrected chi connectivity index (χ0v) is 18.5. The molecule has 1 aliphatic rings. The maximum absolute atomic E-state index is 13.3. The van der Waals surface area contributed by atoms with Crippen molar-refractivity contribution in [2.24, 2.45) is 0 Å². The van der Waals surface area contributed by atoms with Crippen LogP contribution < -0.4 is 5.32 Å². The summed E-state index contributed by atoms with van der Waals surface area (Å²) in [6, 6.07) is 24.6. The van der Waals surface area contributed by atoms with E-state index < -0.39 is 0 Å². The smallest absolute Gasteiger partial charge is 0.278 e. The molecule has 0 radical (unpaired) electrons. The average molecular weight is 449 g/mol. The number of nitrogens with zero attached hydrogens (tertiary/aromatic N) is 1. The van der Waals surface area contributed by atoms with Gasteiger partial charge in [0.1, 0.15) is 10.6 Å². The number of halogens is 1. The lowest BCUT2D eigenvalue weighted by Crippen LogP contribution is -2.31. The van der Waals surface area contributed by atoms with E-state index in [1.807, 2.05) is 66.7 Å². The molecule has 0 atom stereocenters. The molecule has 3 aromatic carbocycles. The number of hydrogen-bond acceptors (Lipinski definition) is 4. The van der Waals surface area contributed by atoms with Gasteiger partial charge in [-0.05, 0) is 53.9 Å². The summed E-state index contributed by atoms with van der Waals surface area (Å²) >= 11 is 7.26. The third-order valence-corrected chi connectivity index (χ3v) is 6.32. The third-order valence-electron chi connectivity index (χ3n) is 4.97. The van der Waals surface area contributed by atoms with E-state index in [4.69, 9.17) is 11.6 Å². The minimum atomic E-state index is -0.329. The highest BCUT2D eigenvalue weighted by molar-refractivity contribution is 8.04.